The fraction of sp³-hybridized carbons (Fsp3) is 0.500. The van der Waals surface area contributed by atoms with Gasteiger partial charge in [-0.25, -0.2) is 0 Å². The summed E-state index contributed by atoms with van der Waals surface area (Å²) in [5.41, 5.74) is 1.06. The van der Waals surface area contributed by atoms with Crippen LogP contribution in [0.5, 0.6) is 0 Å². The van der Waals surface area contributed by atoms with Crippen LogP contribution in [0.25, 0.3) is 0 Å². The van der Waals surface area contributed by atoms with Gasteiger partial charge in [0.15, 0.2) is 0 Å². The Morgan fingerprint density at radius 1 is 1.15 bits per heavy atom. The Balaban J connectivity index is 2.20. The smallest absolute Gasteiger partial charge is 0.246 e. The fourth-order valence-corrected chi connectivity index (χ4v) is 2.68. The Morgan fingerprint density at radius 2 is 1.85 bits per heavy atom. The lowest BCUT2D eigenvalue weighted by Crippen LogP contribution is -2.62. The lowest BCUT2D eigenvalue weighted by atomic mass is 10.0. The molecule has 0 aliphatic carbocycles. The number of hydrogen-bond donors (Lipinski definition) is 1. The van der Waals surface area contributed by atoms with Crippen LogP contribution in [-0.2, 0) is 16.1 Å². The van der Waals surface area contributed by atoms with Gasteiger partial charge in [0.2, 0.25) is 11.8 Å². The van der Waals surface area contributed by atoms with Crippen molar-refractivity contribution in [1.29, 1.82) is 0 Å². The normalized spacial score (nSPS) is 22.8. The van der Waals surface area contributed by atoms with E-state index in [0.29, 0.717) is 19.4 Å². The van der Waals surface area contributed by atoms with Gasteiger partial charge in [-0.1, -0.05) is 50.6 Å². The molecule has 1 saturated heterocycles. The van der Waals surface area contributed by atoms with E-state index in [1.807, 2.05) is 44.2 Å². The number of amides is 2. The van der Waals surface area contributed by atoms with Crippen LogP contribution < -0.4 is 5.32 Å². The first-order valence-corrected chi connectivity index (χ1v) is 7.32. The zero-order valence-electron chi connectivity index (χ0n) is 12.1. The molecule has 4 nitrogen and oxygen atoms in total. The summed E-state index contributed by atoms with van der Waals surface area (Å²) in [6.45, 7) is 4.47. The zero-order valence-corrected chi connectivity index (χ0v) is 12.1. The number of piperazine rings is 1. The van der Waals surface area contributed by atoms with Gasteiger partial charge in [-0.2, -0.15) is 0 Å². The molecule has 2 rings (SSSR count). The SMILES string of the molecule is CCCC1NC(=O)C(CC)N(Cc2ccccc2)C1=O. The van der Waals surface area contributed by atoms with Crippen LogP contribution in [0.15, 0.2) is 30.3 Å². The maximum absolute atomic E-state index is 12.5. The molecule has 2 unspecified atom stereocenters. The van der Waals surface area contributed by atoms with E-state index in [2.05, 4.69) is 5.32 Å². The quantitative estimate of drug-likeness (QED) is 0.894. The molecule has 20 heavy (non-hydrogen) atoms. The second-order valence-corrected chi connectivity index (χ2v) is 5.23. The van der Waals surface area contributed by atoms with Gasteiger partial charge in [0.1, 0.15) is 12.1 Å². The summed E-state index contributed by atoms with van der Waals surface area (Å²) in [4.78, 5) is 26.4. The van der Waals surface area contributed by atoms with Crippen LogP contribution >= 0.6 is 0 Å². The maximum atomic E-state index is 12.5. The van der Waals surface area contributed by atoms with Gasteiger partial charge in [0.25, 0.3) is 0 Å². The summed E-state index contributed by atoms with van der Waals surface area (Å²) in [5, 5.41) is 2.85. The molecule has 1 aromatic carbocycles. The average molecular weight is 274 g/mol. The Hall–Kier alpha value is -1.84. The molecule has 0 spiro atoms. The minimum atomic E-state index is -0.362. The van der Waals surface area contributed by atoms with Gasteiger partial charge in [-0.15, -0.1) is 0 Å². The Morgan fingerprint density at radius 3 is 2.45 bits per heavy atom. The molecule has 1 aliphatic heterocycles. The topological polar surface area (TPSA) is 49.4 Å². The van der Waals surface area contributed by atoms with Gasteiger partial charge < -0.3 is 10.2 Å². The number of carbonyl (C=O) groups is 2. The van der Waals surface area contributed by atoms with Crippen LogP contribution in [-0.4, -0.2) is 28.8 Å². The van der Waals surface area contributed by atoms with Gasteiger partial charge >= 0.3 is 0 Å². The van der Waals surface area contributed by atoms with Crippen LogP contribution in [0, 0.1) is 0 Å². The molecule has 0 saturated carbocycles. The Bertz CT molecular complexity index is 473. The third kappa shape index (κ3) is 3.00. The van der Waals surface area contributed by atoms with Gasteiger partial charge in [0, 0.05) is 6.54 Å². The van der Waals surface area contributed by atoms with Gasteiger partial charge in [-0.05, 0) is 18.4 Å². The highest BCUT2D eigenvalue weighted by atomic mass is 16.2. The predicted octanol–water partition coefficient (Wildman–Crippen LogP) is 2.09. The van der Waals surface area contributed by atoms with Crippen LogP contribution in [0.2, 0.25) is 0 Å². The lowest BCUT2D eigenvalue weighted by molar-refractivity contribution is -0.150. The number of benzene rings is 1. The highest BCUT2D eigenvalue weighted by molar-refractivity contribution is 5.96. The Kier molecular flexibility index (Phi) is 4.77. The molecule has 4 heteroatoms. The van der Waals surface area contributed by atoms with E-state index in [-0.39, 0.29) is 23.9 Å². The van der Waals surface area contributed by atoms with Crippen molar-refractivity contribution >= 4 is 11.8 Å². The first-order chi connectivity index (χ1) is 9.67. The van der Waals surface area contributed by atoms with E-state index in [4.69, 9.17) is 0 Å². The number of hydrogen-bond acceptors (Lipinski definition) is 2. The zero-order chi connectivity index (χ0) is 14.5. The van der Waals surface area contributed by atoms with Gasteiger partial charge in [0.05, 0.1) is 0 Å². The van der Waals surface area contributed by atoms with E-state index in [1.54, 1.807) is 4.90 Å². The van der Waals surface area contributed by atoms with Crippen molar-refractivity contribution in [2.45, 2.75) is 51.7 Å². The number of nitrogens with zero attached hydrogens (tertiary/aromatic N) is 1. The second kappa shape index (κ2) is 6.55. The van der Waals surface area contributed by atoms with Crippen LogP contribution in [0.3, 0.4) is 0 Å². The third-order valence-corrected chi connectivity index (χ3v) is 3.74. The molecule has 2 amide bonds. The monoisotopic (exact) mass is 274 g/mol. The lowest BCUT2D eigenvalue weighted by Gasteiger charge is -2.38. The first kappa shape index (κ1) is 14.6. The molecule has 1 aromatic rings. The van der Waals surface area contributed by atoms with Crippen molar-refractivity contribution in [3.05, 3.63) is 35.9 Å². The summed E-state index contributed by atoms with van der Waals surface area (Å²) in [5.74, 6) is 0.0173. The molecular weight excluding hydrogens is 252 g/mol. The minimum Gasteiger partial charge on any atom is -0.343 e. The van der Waals surface area contributed by atoms with Crippen LogP contribution in [0.4, 0.5) is 0 Å². The van der Waals surface area contributed by atoms with E-state index >= 15 is 0 Å². The summed E-state index contributed by atoms with van der Waals surface area (Å²) in [6.07, 6.45) is 2.22. The Labute approximate surface area is 120 Å². The molecular formula is C16H22N2O2. The van der Waals surface area contributed by atoms with Crippen molar-refractivity contribution in [3.63, 3.8) is 0 Å². The average Bonchev–Trinajstić information content (AvgIpc) is 2.46. The summed E-state index contributed by atoms with van der Waals surface area (Å²) < 4.78 is 0. The molecule has 1 heterocycles. The van der Waals surface area contributed by atoms with Crippen molar-refractivity contribution < 1.29 is 9.59 Å². The molecule has 1 fully saturated rings. The van der Waals surface area contributed by atoms with E-state index < -0.39 is 0 Å². The maximum Gasteiger partial charge on any atom is 0.246 e. The van der Waals surface area contributed by atoms with Crippen LogP contribution in [0.1, 0.15) is 38.7 Å². The van der Waals surface area contributed by atoms with E-state index in [0.717, 1.165) is 12.0 Å². The van der Waals surface area contributed by atoms with Gasteiger partial charge in [-0.3, -0.25) is 9.59 Å². The van der Waals surface area contributed by atoms with E-state index in [1.165, 1.54) is 0 Å². The molecule has 1 aliphatic rings. The molecule has 0 aromatic heterocycles. The molecule has 0 radical (unpaired) electrons. The predicted molar refractivity (Wildman–Crippen MR) is 77.9 cm³/mol. The first-order valence-electron chi connectivity index (χ1n) is 7.32. The van der Waals surface area contributed by atoms with Crippen molar-refractivity contribution in [2.75, 3.05) is 0 Å². The highest BCUT2D eigenvalue weighted by Gasteiger charge is 2.38. The molecule has 2 atom stereocenters. The van der Waals surface area contributed by atoms with Crippen molar-refractivity contribution in [1.82, 2.24) is 10.2 Å². The molecule has 0 bridgehead atoms. The van der Waals surface area contributed by atoms with E-state index in [9.17, 15) is 9.59 Å². The third-order valence-electron chi connectivity index (χ3n) is 3.74. The summed E-state index contributed by atoms with van der Waals surface area (Å²) in [6, 6.07) is 9.12. The number of nitrogens with one attached hydrogen (secondary N) is 1. The number of carbonyl (C=O) groups excluding carboxylic acids is 2. The second-order valence-electron chi connectivity index (χ2n) is 5.23. The van der Waals surface area contributed by atoms with Crippen molar-refractivity contribution in [2.24, 2.45) is 0 Å². The molecule has 1 N–H and O–H groups in total. The summed E-state index contributed by atoms with van der Waals surface area (Å²) in [7, 11) is 0. The summed E-state index contributed by atoms with van der Waals surface area (Å²) >= 11 is 0. The minimum absolute atomic E-state index is 0.0264. The standard InChI is InChI=1S/C16H22N2O2/c1-3-8-13-16(20)18(14(4-2)15(19)17-13)11-12-9-6-5-7-10-12/h5-7,9-10,13-14H,3-4,8,11H2,1-2H3,(H,17,19). The molecule has 108 valence electrons. The van der Waals surface area contributed by atoms with Crippen molar-refractivity contribution in [3.8, 4) is 0 Å². The number of rotatable bonds is 5. The largest absolute Gasteiger partial charge is 0.343 e. The highest BCUT2D eigenvalue weighted by Crippen LogP contribution is 2.18. The fourth-order valence-electron chi connectivity index (χ4n) is 2.68.